The number of hydrogen-bond donors (Lipinski definition) is 1. The van der Waals surface area contributed by atoms with E-state index in [0.29, 0.717) is 13.1 Å². The van der Waals surface area contributed by atoms with E-state index in [2.05, 4.69) is 28.4 Å². The smallest absolute Gasteiger partial charge is 0.226 e. The van der Waals surface area contributed by atoms with Crippen molar-refractivity contribution in [2.45, 2.75) is 32.7 Å². The van der Waals surface area contributed by atoms with Gasteiger partial charge >= 0.3 is 0 Å². The number of nitrogens with one attached hydrogen (secondary N) is 1. The van der Waals surface area contributed by atoms with Crippen LogP contribution in [0.1, 0.15) is 37.1 Å². The average Bonchev–Trinajstić information content (AvgIpc) is 3.13. The van der Waals surface area contributed by atoms with Gasteiger partial charge in [-0.25, -0.2) is 0 Å². The number of nitrogens with zero attached hydrogens (tertiary/aromatic N) is 4. The van der Waals surface area contributed by atoms with Crippen molar-refractivity contribution in [3.63, 3.8) is 0 Å². The molecule has 0 radical (unpaired) electrons. The highest BCUT2D eigenvalue weighted by atomic mass is 16.2. The molecule has 7 nitrogen and oxygen atoms in total. The molecule has 2 amide bonds. The van der Waals surface area contributed by atoms with Gasteiger partial charge in [0.2, 0.25) is 11.8 Å². The van der Waals surface area contributed by atoms with Crippen molar-refractivity contribution in [3.8, 4) is 0 Å². The fourth-order valence-electron chi connectivity index (χ4n) is 3.89. The van der Waals surface area contributed by atoms with Gasteiger partial charge in [0, 0.05) is 50.9 Å². The summed E-state index contributed by atoms with van der Waals surface area (Å²) in [4.78, 5) is 29.4. The predicted molar refractivity (Wildman–Crippen MR) is 99.4 cm³/mol. The Labute approximate surface area is 155 Å². The van der Waals surface area contributed by atoms with Crippen molar-refractivity contribution in [2.75, 3.05) is 33.2 Å². The molecule has 2 atom stereocenters. The topological polar surface area (TPSA) is 70.5 Å². The largest absolute Gasteiger partial charge is 0.352 e. The first kappa shape index (κ1) is 18.6. The molecular weight excluding hydrogens is 330 g/mol. The van der Waals surface area contributed by atoms with Crippen LogP contribution in [0.2, 0.25) is 0 Å². The van der Waals surface area contributed by atoms with Crippen LogP contribution in [0, 0.1) is 12.8 Å². The highest BCUT2D eigenvalue weighted by molar-refractivity contribution is 5.90. The van der Waals surface area contributed by atoms with Crippen LogP contribution in [0.5, 0.6) is 0 Å². The van der Waals surface area contributed by atoms with Crippen molar-refractivity contribution >= 4 is 11.8 Å². The maximum Gasteiger partial charge on any atom is 0.226 e. The molecular formula is C19H29N5O2. The Bertz CT molecular complexity index is 724. The van der Waals surface area contributed by atoms with E-state index in [1.807, 2.05) is 25.8 Å². The van der Waals surface area contributed by atoms with Crippen LogP contribution < -0.4 is 5.32 Å². The third-order valence-corrected chi connectivity index (χ3v) is 5.70. The van der Waals surface area contributed by atoms with Crippen LogP contribution in [0.3, 0.4) is 0 Å². The third kappa shape index (κ3) is 3.53. The summed E-state index contributed by atoms with van der Waals surface area (Å²) in [6.45, 7) is 7.05. The van der Waals surface area contributed by atoms with Gasteiger partial charge in [-0.2, -0.15) is 5.10 Å². The van der Waals surface area contributed by atoms with Gasteiger partial charge in [-0.15, -0.1) is 0 Å². The molecule has 1 N–H and O–H groups in total. The van der Waals surface area contributed by atoms with Gasteiger partial charge in [0.1, 0.15) is 0 Å². The van der Waals surface area contributed by atoms with Crippen molar-refractivity contribution in [1.82, 2.24) is 24.9 Å². The van der Waals surface area contributed by atoms with Crippen molar-refractivity contribution < 1.29 is 9.59 Å². The molecule has 0 spiro atoms. The molecule has 142 valence electrons. The zero-order valence-corrected chi connectivity index (χ0v) is 16.2. The number of amides is 2. The van der Waals surface area contributed by atoms with Gasteiger partial charge in [-0.1, -0.05) is 11.6 Å². The molecule has 1 aromatic heterocycles. The van der Waals surface area contributed by atoms with E-state index in [0.717, 1.165) is 30.8 Å². The van der Waals surface area contributed by atoms with E-state index in [9.17, 15) is 9.59 Å². The molecule has 2 aliphatic heterocycles. The molecule has 0 bridgehead atoms. The summed E-state index contributed by atoms with van der Waals surface area (Å²) < 4.78 is 1.80. The number of likely N-dealkylation sites (N-methyl/N-ethyl adjacent to an activating group) is 1. The minimum Gasteiger partial charge on any atom is -0.352 e. The summed E-state index contributed by atoms with van der Waals surface area (Å²) in [5, 5.41) is 7.38. The Balaban J connectivity index is 1.75. The Morgan fingerprint density at radius 3 is 2.73 bits per heavy atom. The number of carbonyl (C=O) groups excluding carboxylic acids is 2. The minimum atomic E-state index is -0.364. The van der Waals surface area contributed by atoms with Crippen molar-refractivity contribution in [2.24, 2.45) is 13.0 Å². The zero-order valence-electron chi connectivity index (χ0n) is 16.2. The van der Waals surface area contributed by atoms with E-state index in [-0.39, 0.29) is 30.2 Å². The van der Waals surface area contributed by atoms with Crippen molar-refractivity contribution in [1.29, 1.82) is 0 Å². The quantitative estimate of drug-likeness (QED) is 0.797. The second-order valence-corrected chi connectivity index (χ2v) is 7.34. The lowest BCUT2D eigenvalue weighted by atomic mass is 9.93. The molecule has 0 unspecified atom stereocenters. The summed E-state index contributed by atoms with van der Waals surface area (Å²) in [6.07, 6.45) is 5.22. The number of aryl methyl sites for hydroxylation is 1. The molecule has 0 aromatic carbocycles. The predicted octanol–water partition coefficient (Wildman–Crippen LogP) is 1.02. The molecule has 7 heteroatoms. The van der Waals surface area contributed by atoms with Crippen LogP contribution in [-0.2, 0) is 16.6 Å². The summed E-state index contributed by atoms with van der Waals surface area (Å²) in [5.74, 6) is -0.362. The third-order valence-electron chi connectivity index (χ3n) is 5.70. The lowest BCUT2D eigenvalue weighted by Gasteiger charge is -2.27. The standard InChI is InChI=1S/C19H29N5O2/c1-5-24-17(25)10-15(18(24)16-12-21-23(4)13(16)2)19(26)20-11-14-6-8-22(3)9-7-14/h6,12,15,18H,5,7-11H2,1-4H3,(H,20,26)/t15-,18-/m0/s1. The molecule has 1 saturated heterocycles. The van der Waals surface area contributed by atoms with Crippen LogP contribution in [0.15, 0.2) is 17.8 Å². The number of hydrogen-bond acceptors (Lipinski definition) is 4. The first-order valence-electron chi connectivity index (χ1n) is 9.34. The monoisotopic (exact) mass is 359 g/mol. The highest BCUT2D eigenvalue weighted by Gasteiger charge is 2.44. The normalized spacial score (nSPS) is 24.1. The Morgan fingerprint density at radius 2 is 2.15 bits per heavy atom. The van der Waals surface area contributed by atoms with E-state index < -0.39 is 0 Å². The minimum absolute atomic E-state index is 0.0395. The van der Waals surface area contributed by atoms with Gasteiger partial charge in [0.05, 0.1) is 18.2 Å². The number of aromatic nitrogens is 2. The van der Waals surface area contributed by atoms with Crippen LogP contribution >= 0.6 is 0 Å². The van der Waals surface area contributed by atoms with Gasteiger partial charge in [0.15, 0.2) is 0 Å². The maximum atomic E-state index is 12.9. The van der Waals surface area contributed by atoms with Crippen molar-refractivity contribution in [3.05, 3.63) is 29.1 Å². The molecule has 2 aliphatic rings. The van der Waals surface area contributed by atoms with E-state index in [1.165, 1.54) is 5.57 Å². The summed E-state index contributed by atoms with van der Waals surface area (Å²) in [7, 11) is 3.98. The summed E-state index contributed by atoms with van der Waals surface area (Å²) in [6, 6.07) is -0.229. The van der Waals surface area contributed by atoms with Crippen LogP contribution in [0.4, 0.5) is 0 Å². The molecule has 3 rings (SSSR count). The Hall–Kier alpha value is -2.15. The molecule has 1 fully saturated rings. The summed E-state index contributed by atoms with van der Waals surface area (Å²) >= 11 is 0. The van der Waals surface area contributed by atoms with Gasteiger partial charge in [-0.05, 0) is 27.3 Å². The first-order chi connectivity index (χ1) is 12.4. The molecule has 1 aromatic rings. The SMILES string of the molecule is CCN1C(=O)C[C@H](C(=O)NCC2=CCN(C)CC2)[C@H]1c1cnn(C)c1C. The average molecular weight is 359 g/mol. The van der Waals surface area contributed by atoms with E-state index in [1.54, 1.807) is 10.9 Å². The fraction of sp³-hybridized carbons (Fsp3) is 0.632. The zero-order chi connectivity index (χ0) is 18.8. The molecule has 0 saturated carbocycles. The molecule has 3 heterocycles. The van der Waals surface area contributed by atoms with Gasteiger partial charge < -0.3 is 15.1 Å². The maximum absolute atomic E-state index is 12.9. The lowest BCUT2D eigenvalue weighted by molar-refractivity contribution is -0.129. The first-order valence-corrected chi connectivity index (χ1v) is 9.34. The van der Waals surface area contributed by atoms with E-state index >= 15 is 0 Å². The highest BCUT2D eigenvalue weighted by Crippen LogP contribution is 2.39. The molecule has 0 aliphatic carbocycles. The second-order valence-electron chi connectivity index (χ2n) is 7.34. The lowest BCUT2D eigenvalue weighted by Crippen LogP contribution is -2.37. The number of carbonyl (C=O) groups is 2. The Kier molecular flexibility index (Phi) is 5.46. The van der Waals surface area contributed by atoms with Gasteiger partial charge in [-0.3, -0.25) is 14.3 Å². The number of likely N-dealkylation sites (tertiary alicyclic amines) is 1. The van der Waals surface area contributed by atoms with Crippen LogP contribution in [0.25, 0.3) is 0 Å². The fourth-order valence-corrected chi connectivity index (χ4v) is 3.89. The molecule has 26 heavy (non-hydrogen) atoms. The Morgan fingerprint density at radius 1 is 1.38 bits per heavy atom. The number of rotatable bonds is 5. The van der Waals surface area contributed by atoms with E-state index in [4.69, 9.17) is 0 Å². The summed E-state index contributed by atoms with van der Waals surface area (Å²) in [5.41, 5.74) is 3.24. The van der Waals surface area contributed by atoms with Gasteiger partial charge in [0.25, 0.3) is 0 Å². The second kappa shape index (κ2) is 7.61. The van der Waals surface area contributed by atoms with Crippen LogP contribution in [-0.4, -0.2) is 64.6 Å².